The third kappa shape index (κ3) is 9.43. The summed E-state index contributed by atoms with van der Waals surface area (Å²) in [6.45, 7) is 7.22. The molecule has 0 saturated heterocycles. The van der Waals surface area contributed by atoms with Crippen molar-refractivity contribution in [2.45, 2.75) is 27.7 Å². The van der Waals surface area contributed by atoms with Gasteiger partial charge in [-0.15, -0.1) is 0 Å². The summed E-state index contributed by atoms with van der Waals surface area (Å²) in [6.07, 6.45) is 3.71. The minimum absolute atomic E-state index is 0.0172. The molecule has 0 spiro atoms. The van der Waals surface area contributed by atoms with Crippen LogP contribution < -0.4 is 5.32 Å². The molecule has 2 rings (SSSR count). The largest absolute Gasteiger partial charge is 0.468 e. The van der Waals surface area contributed by atoms with Crippen LogP contribution in [0.15, 0.2) is 42.7 Å². The van der Waals surface area contributed by atoms with Crippen molar-refractivity contribution in [1.82, 2.24) is 15.1 Å². The van der Waals surface area contributed by atoms with E-state index in [2.05, 4.69) is 46.3 Å². The van der Waals surface area contributed by atoms with E-state index in [4.69, 9.17) is 0 Å². The van der Waals surface area contributed by atoms with Gasteiger partial charge >= 0.3 is 5.97 Å². The highest BCUT2D eigenvalue weighted by atomic mass is 32.2. The molecule has 0 radical (unpaired) electrons. The maximum Gasteiger partial charge on any atom is 0.325 e. The zero-order valence-electron chi connectivity index (χ0n) is 17.5. The Morgan fingerprint density at radius 1 is 1.21 bits per heavy atom. The zero-order valence-corrected chi connectivity index (χ0v) is 18.4. The van der Waals surface area contributed by atoms with Crippen molar-refractivity contribution in [1.29, 1.82) is 0 Å². The fourth-order valence-electron chi connectivity index (χ4n) is 2.26. The monoisotopic (exact) mass is 419 g/mol. The summed E-state index contributed by atoms with van der Waals surface area (Å²) in [5.74, 6) is -0.452. The lowest BCUT2D eigenvalue weighted by molar-refractivity contribution is -0.141. The van der Waals surface area contributed by atoms with Crippen LogP contribution in [0.3, 0.4) is 0 Å². The van der Waals surface area contributed by atoms with Crippen LogP contribution in [0.2, 0.25) is 0 Å². The second-order valence-corrected chi connectivity index (χ2v) is 7.93. The summed E-state index contributed by atoms with van der Waals surface area (Å²) >= 11 is 1.12. The standard InChI is InChI=1S/C11H19NO4S.C10H10N2/c1-7(2)9(6-17-8(3)13)11(15)12-5-10(14)16-4;1-9-3-5-10(6-4-9)12-8-2-7-11-12/h7,9H,5-6H2,1-4H3,(H,12,15);2-8H,1H3. The van der Waals surface area contributed by atoms with E-state index in [0.717, 1.165) is 17.4 Å². The molecule has 0 aliphatic heterocycles. The number of hydrogen-bond acceptors (Lipinski definition) is 6. The predicted octanol–water partition coefficient (Wildman–Crippen LogP) is 3.01. The number of methoxy groups -OCH3 is 1. The Kier molecular flexibility index (Phi) is 10.8. The van der Waals surface area contributed by atoms with Crippen LogP contribution in [-0.2, 0) is 19.1 Å². The number of aryl methyl sites for hydroxylation is 1. The number of esters is 1. The molecule has 0 aliphatic rings. The molecule has 1 atom stereocenters. The number of amides is 1. The van der Waals surface area contributed by atoms with Gasteiger partial charge in [0, 0.05) is 31.0 Å². The molecule has 1 N–H and O–H groups in total. The molecule has 1 aromatic heterocycles. The number of nitrogens with zero attached hydrogens (tertiary/aromatic N) is 2. The summed E-state index contributed by atoms with van der Waals surface area (Å²) in [5.41, 5.74) is 2.37. The van der Waals surface area contributed by atoms with Gasteiger partial charge in [0.05, 0.1) is 12.8 Å². The minimum atomic E-state index is -0.486. The van der Waals surface area contributed by atoms with Crippen LogP contribution in [-0.4, -0.2) is 46.2 Å². The van der Waals surface area contributed by atoms with Crippen molar-refractivity contribution < 1.29 is 19.1 Å². The number of nitrogens with one attached hydrogen (secondary N) is 1. The van der Waals surface area contributed by atoms with Gasteiger partial charge in [-0.2, -0.15) is 5.10 Å². The molecule has 1 unspecified atom stereocenters. The van der Waals surface area contributed by atoms with E-state index in [1.807, 2.05) is 30.8 Å². The summed E-state index contributed by atoms with van der Waals surface area (Å²) < 4.78 is 6.27. The average Bonchev–Trinajstić information content (AvgIpc) is 3.21. The van der Waals surface area contributed by atoms with Crippen LogP contribution in [0.5, 0.6) is 0 Å². The first-order chi connectivity index (χ1) is 13.7. The Labute approximate surface area is 176 Å². The molecule has 29 heavy (non-hydrogen) atoms. The van der Waals surface area contributed by atoms with Gasteiger partial charge < -0.3 is 10.1 Å². The van der Waals surface area contributed by atoms with E-state index in [0.29, 0.717) is 5.75 Å². The molecular formula is C21H29N3O4S. The predicted molar refractivity (Wildman–Crippen MR) is 115 cm³/mol. The van der Waals surface area contributed by atoms with E-state index in [1.165, 1.54) is 19.6 Å². The van der Waals surface area contributed by atoms with Crippen molar-refractivity contribution >= 4 is 28.8 Å². The molecule has 1 heterocycles. The van der Waals surface area contributed by atoms with Gasteiger partial charge in [-0.05, 0) is 31.0 Å². The van der Waals surface area contributed by atoms with Gasteiger partial charge in [-0.1, -0.05) is 43.3 Å². The van der Waals surface area contributed by atoms with Gasteiger partial charge in [0.15, 0.2) is 5.12 Å². The molecular weight excluding hydrogens is 390 g/mol. The second kappa shape index (κ2) is 12.8. The number of carbonyl (C=O) groups excluding carboxylic acids is 3. The normalized spacial score (nSPS) is 11.2. The Balaban J connectivity index is 0.000000304. The average molecular weight is 420 g/mol. The van der Waals surface area contributed by atoms with Crippen molar-refractivity contribution in [2.24, 2.45) is 11.8 Å². The lowest BCUT2D eigenvalue weighted by atomic mass is 9.97. The maximum absolute atomic E-state index is 11.8. The number of benzene rings is 1. The number of thioether (sulfide) groups is 1. The summed E-state index contributed by atoms with van der Waals surface area (Å²) in [5, 5.41) is 6.62. The lowest BCUT2D eigenvalue weighted by Gasteiger charge is -2.18. The molecule has 0 aliphatic carbocycles. The highest BCUT2D eigenvalue weighted by Crippen LogP contribution is 2.18. The number of ether oxygens (including phenoxy) is 1. The summed E-state index contributed by atoms with van der Waals surface area (Å²) in [6, 6.07) is 10.2. The highest BCUT2D eigenvalue weighted by Gasteiger charge is 2.23. The van der Waals surface area contributed by atoms with E-state index in [9.17, 15) is 14.4 Å². The van der Waals surface area contributed by atoms with Crippen molar-refractivity contribution in [2.75, 3.05) is 19.4 Å². The van der Waals surface area contributed by atoms with E-state index >= 15 is 0 Å². The minimum Gasteiger partial charge on any atom is -0.468 e. The van der Waals surface area contributed by atoms with Crippen LogP contribution in [0.25, 0.3) is 5.69 Å². The quantitative estimate of drug-likeness (QED) is 0.694. The van der Waals surface area contributed by atoms with Gasteiger partial charge in [-0.3, -0.25) is 14.4 Å². The fraction of sp³-hybridized carbons (Fsp3) is 0.429. The molecule has 0 saturated carbocycles. The molecule has 1 amide bonds. The number of carbonyl (C=O) groups is 3. The summed E-state index contributed by atoms with van der Waals surface area (Å²) in [7, 11) is 1.26. The molecule has 2 aromatic rings. The first-order valence-corrected chi connectivity index (χ1v) is 10.3. The second-order valence-electron chi connectivity index (χ2n) is 6.73. The molecule has 158 valence electrons. The van der Waals surface area contributed by atoms with Crippen molar-refractivity contribution in [3.05, 3.63) is 48.3 Å². The van der Waals surface area contributed by atoms with Gasteiger partial charge in [0.2, 0.25) is 5.91 Å². The van der Waals surface area contributed by atoms with Crippen molar-refractivity contribution in [3.8, 4) is 5.69 Å². The Bertz CT molecular complexity index is 774. The van der Waals surface area contributed by atoms with Gasteiger partial charge in [0.1, 0.15) is 6.54 Å². The molecule has 7 nitrogen and oxygen atoms in total. The Morgan fingerprint density at radius 2 is 1.86 bits per heavy atom. The zero-order chi connectivity index (χ0) is 21.8. The molecule has 8 heteroatoms. The van der Waals surface area contributed by atoms with Crippen LogP contribution in [0, 0.1) is 18.8 Å². The van der Waals surface area contributed by atoms with E-state index < -0.39 is 5.97 Å². The van der Waals surface area contributed by atoms with Crippen LogP contribution in [0.4, 0.5) is 0 Å². The van der Waals surface area contributed by atoms with Gasteiger partial charge in [-0.25, -0.2) is 4.68 Å². The SMILES string of the molecule is COC(=O)CNC(=O)C(CSC(C)=O)C(C)C.Cc1ccc(-n2cccn2)cc1. The molecule has 0 fully saturated rings. The smallest absolute Gasteiger partial charge is 0.325 e. The lowest BCUT2D eigenvalue weighted by Crippen LogP contribution is -2.38. The van der Waals surface area contributed by atoms with Crippen molar-refractivity contribution in [3.63, 3.8) is 0 Å². The third-order valence-electron chi connectivity index (χ3n) is 4.05. The third-order valence-corrected chi connectivity index (χ3v) is 4.98. The Morgan fingerprint density at radius 3 is 2.34 bits per heavy atom. The first kappa shape index (κ1) is 24.4. The van der Waals surface area contributed by atoms with E-state index in [-0.39, 0.29) is 29.4 Å². The van der Waals surface area contributed by atoms with Crippen LogP contribution >= 0.6 is 11.8 Å². The maximum atomic E-state index is 11.8. The first-order valence-electron chi connectivity index (χ1n) is 9.29. The fourth-order valence-corrected chi connectivity index (χ4v) is 3.21. The van der Waals surface area contributed by atoms with Gasteiger partial charge in [0.25, 0.3) is 0 Å². The number of aromatic nitrogens is 2. The molecule has 1 aromatic carbocycles. The van der Waals surface area contributed by atoms with Crippen LogP contribution in [0.1, 0.15) is 26.3 Å². The Hall–Kier alpha value is -2.61. The number of hydrogen-bond donors (Lipinski definition) is 1. The number of rotatable bonds is 7. The summed E-state index contributed by atoms with van der Waals surface area (Å²) in [4.78, 5) is 33.5. The molecule has 0 bridgehead atoms. The highest BCUT2D eigenvalue weighted by molar-refractivity contribution is 8.13. The topological polar surface area (TPSA) is 90.3 Å². The van der Waals surface area contributed by atoms with E-state index in [1.54, 1.807) is 6.20 Å².